The number of carbonyl (C=O) groups is 1. The highest BCUT2D eigenvalue weighted by Gasteiger charge is 2.20. The van der Waals surface area contributed by atoms with Gasteiger partial charge in [-0.2, -0.15) is 0 Å². The van der Waals surface area contributed by atoms with Crippen molar-refractivity contribution >= 4 is 38.2 Å². The number of nitrogens with zero attached hydrogens (tertiary/aromatic N) is 2. The zero-order valence-corrected chi connectivity index (χ0v) is 16.0. The van der Waals surface area contributed by atoms with E-state index < -0.39 is 10.0 Å². The summed E-state index contributed by atoms with van der Waals surface area (Å²) in [5.41, 5.74) is 2.73. The quantitative estimate of drug-likeness (QED) is 0.708. The van der Waals surface area contributed by atoms with E-state index in [0.29, 0.717) is 16.9 Å². The number of nitrogens with one attached hydrogen (secondary N) is 1. The van der Waals surface area contributed by atoms with Crippen LogP contribution in [0.1, 0.15) is 12.0 Å². The van der Waals surface area contributed by atoms with Gasteiger partial charge in [0.15, 0.2) is 0 Å². The molecule has 1 heterocycles. The number of hydrogen-bond donors (Lipinski definition) is 1. The number of benzene rings is 2. The molecule has 1 aromatic heterocycles. The average Bonchev–Trinajstić information content (AvgIpc) is 2.62. The standard InChI is InChI=1S/C20H21N3O3S/c1-15-7-3-4-11-18(15)23(27(2,25)26)14-12-19(24)22-17-10-5-8-16-9-6-13-21-20(16)17/h3-11,13H,12,14H2,1-2H3,(H,22,24). The maximum atomic E-state index is 12.4. The Bertz CT molecular complexity index is 1080. The maximum Gasteiger partial charge on any atom is 0.232 e. The molecule has 0 saturated carbocycles. The molecular formula is C20H21N3O3S. The van der Waals surface area contributed by atoms with Crippen LogP contribution in [0, 0.1) is 6.92 Å². The first-order valence-electron chi connectivity index (χ1n) is 8.53. The predicted molar refractivity (Wildman–Crippen MR) is 108 cm³/mol. The normalized spacial score (nSPS) is 11.3. The molecule has 0 spiro atoms. The zero-order chi connectivity index (χ0) is 19.4. The van der Waals surface area contributed by atoms with Crippen LogP contribution in [-0.2, 0) is 14.8 Å². The molecule has 2 aromatic carbocycles. The second-order valence-electron chi connectivity index (χ2n) is 6.30. The highest BCUT2D eigenvalue weighted by Crippen LogP contribution is 2.23. The van der Waals surface area contributed by atoms with Crippen molar-refractivity contribution in [2.45, 2.75) is 13.3 Å². The summed E-state index contributed by atoms with van der Waals surface area (Å²) in [7, 11) is -3.50. The van der Waals surface area contributed by atoms with Gasteiger partial charge in [-0.05, 0) is 30.7 Å². The summed E-state index contributed by atoms with van der Waals surface area (Å²) in [6.07, 6.45) is 2.85. The Hall–Kier alpha value is -2.93. The minimum absolute atomic E-state index is 0.0324. The molecule has 0 aliphatic rings. The molecule has 1 N–H and O–H groups in total. The number of pyridine rings is 1. The van der Waals surface area contributed by atoms with Crippen LogP contribution in [0.5, 0.6) is 0 Å². The largest absolute Gasteiger partial charge is 0.324 e. The molecule has 3 aromatic rings. The Kier molecular flexibility index (Phi) is 5.41. The van der Waals surface area contributed by atoms with Crippen LogP contribution in [0.2, 0.25) is 0 Å². The third kappa shape index (κ3) is 4.43. The Morgan fingerprint density at radius 3 is 2.56 bits per heavy atom. The number of anilines is 2. The van der Waals surface area contributed by atoms with Gasteiger partial charge in [0, 0.05) is 24.5 Å². The molecule has 27 heavy (non-hydrogen) atoms. The number of sulfonamides is 1. The van der Waals surface area contributed by atoms with Crippen LogP contribution in [0.4, 0.5) is 11.4 Å². The number of rotatable bonds is 6. The van der Waals surface area contributed by atoms with Crippen molar-refractivity contribution in [3.8, 4) is 0 Å². The fraction of sp³-hybridized carbons (Fsp3) is 0.200. The Balaban J connectivity index is 1.76. The molecule has 1 amide bonds. The van der Waals surface area contributed by atoms with Gasteiger partial charge in [-0.3, -0.25) is 14.1 Å². The van der Waals surface area contributed by atoms with Crippen LogP contribution in [0.3, 0.4) is 0 Å². The molecule has 0 fully saturated rings. The molecule has 0 saturated heterocycles. The van der Waals surface area contributed by atoms with Gasteiger partial charge in [-0.15, -0.1) is 0 Å². The molecule has 0 unspecified atom stereocenters. The number of hydrogen-bond acceptors (Lipinski definition) is 4. The van der Waals surface area contributed by atoms with E-state index in [-0.39, 0.29) is 18.9 Å². The molecule has 0 radical (unpaired) electrons. The fourth-order valence-corrected chi connectivity index (χ4v) is 3.91. The van der Waals surface area contributed by atoms with Crippen molar-refractivity contribution in [3.63, 3.8) is 0 Å². The van der Waals surface area contributed by atoms with Crippen molar-refractivity contribution in [1.82, 2.24) is 4.98 Å². The lowest BCUT2D eigenvalue weighted by Gasteiger charge is -2.24. The molecule has 0 aliphatic heterocycles. The summed E-state index contributed by atoms with van der Waals surface area (Å²) >= 11 is 0. The molecule has 140 valence electrons. The topological polar surface area (TPSA) is 79.4 Å². The van der Waals surface area contributed by atoms with Gasteiger partial charge in [-0.1, -0.05) is 36.4 Å². The van der Waals surface area contributed by atoms with E-state index in [1.54, 1.807) is 24.4 Å². The summed E-state index contributed by atoms with van der Waals surface area (Å²) in [5.74, 6) is -0.268. The molecule has 7 heteroatoms. The summed E-state index contributed by atoms with van der Waals surface area (Å²) in [6.45, 7) is 1.91. The van der Waals surface area contributed by atoms with Crippen LogP contribution >= 0.6 is 0 Å². The Morgan fingerprint density at radius 2 is 1.81 bits per heavy atom. The second kappa shape index (κ2) is 7.75. The van der Waals surface area contributed by atoms with E-state index in [1.165, 1.54) is 4.31 Å². The lowest BCUT2D eigenvalue weighted by molar-refractivity contribution is -0.116. The fourth-order valence-electron chi connectivity index (χ4n) is 2.93. The SMILES string of the molecule is Cc1ccccc1N(CCC(=O)Nc1cccc2cccnc12)S(C)(=O)=O. The van der Waals surface area contributed by atoms with Gasteiger partial charge >= 0.3 is 0 Å². The van der Waals surface area contributed by atoms with Crippen LogP contribution in [0.15, 0.2) is 60.8 Å². The van der Waals surface area contributed by atoms with Crippen molar-refractivity contribution in [2.75, 3.05) is 22.4 Å². The third-order valence-corrected chi connectivity index (χ3v) is 5.41. The maximum absolute atomic E-state index is 12.4. The van der Waals surface area contributed by atoms with Crippen molar-refractivity contribution in [1.29, 1.82) is 0 Å². The smallest absolute Gasteiger partial charge is 0.232 e. The van der Waals surface area contributed by atoms with Crippen molar-refractivity contribution < 1.29 is 13.2 Å². The Labute approximate surface area is 158 Å². The first-order chi connectivity index (χ1) is 12.9. The highest BCUT2D eigenvalue weighted by atomic mass is 32.2. The lowest BCUT2D eigenvalue weighted by Crippen LogP contribution is -2.33. The minimum atomic E-state index is -3.50. The number of aromatic nitrogens is 1. The Morgan fingerprint density at radius 1 is 1.07 bits per heavy atom. The van der Waals surface area contributed by atoms with E-state index in [2.05, 4.69) is 10.3 Å². The van der Waals surface area contributed by atoms with E-state index in [4.69, 9.17) is 0 Å². The summed E-state index contributed by atoms with van der Waals surface area (Å²) in [5, 5.41) is 3.76. The van der Waals surface area contributed by atoms with Gasteiger partial charge in [0.2, 0.25) is 15.9 Å². The van der Waals surface area contributed by atoms with Gasteiger partial charge in [0.05, 0.1) is 23.1 Å². The van der Waals surface area contributed by atoms with Crippen LogP contribution < -0.4 is 9.62 Å². The lowest BCUT2D eigenvalue weighted by atomic mass is 10.2. The van der Waals surface area contributed by atoms with Crippen molar-refractivity contribution in [3.05, 3.63) is 66.4 Å². The first-order valence-corrected chi connectivity index (χ1v) is 10.4. The molecular weight excluding hydrogens is 362 g/mol. The van der Waals surface area contributed by atoms with E-state index in [9.17, 15) is 13.2 Å². The predicted octanol–water partition coefficient (Wildman–Crippen LogP) is 3.34. The first kappa shape index (κ1) is 18.8. The van der Waals surface area contributed by atoms with E-state index >= 15 is 0 Å². The average molecular weight is 383 g/mol. The van der Waals surface area contributed by atoms with Crippen LogP contribution in [-0.4, -0.2) is 32.1 Å². The summed E-state index contributed by atoms with van der Waals surface area (Å²) < 4.78 is 25.7. The van der Waals surface area contributed by atoms with E-state index in [1.807, 2.05) is 43.3 Å². The summed E-state index contributed by atoms with van der Waals surface area (Å²) in [6, 6.07) is 16.5. The number of para-hydroxylation sites is 2. The molecule has 0 atom stereocenters. The number of fused-ring (bicyclic) bond motifs is 1. The van der Waals surface area contributed by atoms with E-state index in [0.717, 1.165) is 17.2 Å². The number of aryl methyl sites for hydroxylation is 1. The zero-order valence-electron chi connectivity index (χ0n) is 15.2. The second-order valence-corrected chi connectivity index (χ2v) is 8.21. The van der Waals surface area contributed by atoms with Gasteiger partial charge in [0.25, 0.3) is 0 Å². The molecule has 3 rings (SSSR count). The molecule has 6 nitrogen and oxygen atoms in total. The highest BCUT2D eigenvalue weighted by molar-refractivity contribution is 7.92. The third-order valence-electron chi connectivity index (χ3n) is 4.23. The van der Waals surface area contributed by atoms with Gasteiger partial charge < -0.3 is 5.32 Å². The van der Waals surface area contributed by atoms with Gasteiger partial charge in [-0.25, -0.2) is 8.42 Å². The van der Waals surface area contributed by atoms with Gasteiger partial charge in [0.1, 0.15) is 0 Å². The number of amides is 1. The summed E-state index contributed by atoms with van der Waals surface area (Å²) in [4.78, 5) is 16.8. The monoisotopic (exact) mass is 383 g/mol. The minimum Gasteiger partial charge on any atom is -0.324 e. The van der Waals surface area contributed by atoms with Crippen LogP contribution in [0.25, 0.3) is 10.9 Å². The molecule has 0 bridgehead atoms. The van der Waals surface area contributed by atoms with Crippen molar-refractivity contribution in [2.24, 2.45) is 0 Å². The number of carbonyl (C=O) groups excluding carboxylic acids is 1. The molecule has 0 aliphatic carbocycles.